The monoisotopic (exact) mass is 200 g/mol. The van der Waals surface area contributed by atoms with Crippen molar-refractivity contribution in [3.8, 4) is 0 Å². The van der Waals surface area contributed by atoms with Gasteiger partial charge in [-0.3, -0.25) is 9.59 Å². The Morgan fingerprint density at radius 3 is 1.50 bits per heavy atom. The molecule has 14 heavy (non-hydrogen) atoms. The molecule has 0 N–H and O–H groups in total. The van der Waals surface area contributed by atoms with E-state index in [2.05, 4.69) is 9.47 Å². The molecule has 0 fully saturated rings. The van der Waals surface area contributed by atoms with Gasteiger partial charge in [-0.25, -0.2) is 9.59 Å². The van der Waals surface area contributed by atoms with Gasteiger partial charge in [-0.15, -0.1) is 0 Å². The first-order valence-electron chi connectivity index (χ1n) is 3.59. The molecule has 0 aromatic heterocycles. The molecule has 0 amide bonds. The van der Waals surface area contributed by atoms with Crippen molar-refractivity contribution in [3.05, 3.63) is 12.2 Å². The van der Waals surface area contributed by atoms with Gasteiger partial charge in [0.15, 0.2) is 12.6 Å². The third-order valence-electron chi connectivity index (χ3n) is 0.943. The summed E-state index contributed by atoms with van der Waals surface area (Å²) in [6, 6.07) is 0. The van der Waals surface area contributed by atoms with Gasteiger partial charge >= 0.3 is 11.9 Å². The molecule has 0 unspecified atom stereocenters. The molecule has 0 atom stereocenters. The van der Waals surface area contributed by atoms with Gasteiger partial charge in [0.2, 0.25) is 0 Å². The maximum Gasteiger partial charge on any atom is 0.331 e. The van der Waals surface area contributed by atoms with Gasteiger partial charge in [-0.1, -0.05) is 0 Å². The third-order valence-corrected chi connectivity index (χ3v) is 0.943. The average molecular weight is 200 g/mol. The van der Waals surface area contributed by atoms with Crippen molar-refractivity contribution in [2.75, 3.05) is 13.2 Å². The van der Waals surface area contributed by atoms with Gasteiger partial charge in [0, 0.05) is 12.2 Å². The molecule has 0 saturated heterocycles. The van der Waals surface area contributed by atoms with E-state index in [4.69, 9.17) is 0 Å². The Balaban J connectivity index is 3.78. The van der Waals surface area contributed by atoms with Crippen molar-refractivity contribution in [2.45, 2.75) is 0 Å². The van der Waals surface area contributed by atoms with Crippen LogP contribution in [0.2, 0.25) is 0 Å². The van der Waals surface area contributed by atoms with E-state index in [0.29, 0.717) is 12.6 Å². The van der Waals surface area contributed by atoms with Crippen LogP contribution in [0.1, 0.15) is 0 Å². The topological polar surface area (TPSA) is 86.7 Å². The number of hydrogen-bond acceptors (Lipinski definition) is 6. The molecule has 0 aliphatic rings. The zero-order valence-electron chi connectivity index (χ0n) is 7.17. The number of aldehydes is 2. The lowest BCUT2D eigenvalue weighted by Gasteiger charge is -1.94. The Morgan fingerprint density at radius 1 is 0.857 bits per heavy atom. The second kappa shape index (κ2) is 7.66. The first kappa shape index (κ1) is 12.0. The summed E-state index contributed by atoms with van der Waals surface area (Å²) in [6.07, 6.45) is 2.40. The van der Waals surface area contributed by atoms with Crippen molar-refractivity contribution in [3.63, 3.8) is 0 Å². The van der Waals surface area contributed by atoms with Crippen LogP contribution < -0.4 is 0 Å². The summed E-state index contributed by atoms with van der Waals surface area (Å²) in [4.78, 5) is 40.8. The molecule has 0 saturated carbocycles. The van der Waals surface area contributed by atoms with Crippen LogP contribution in [0.4, 0.5) is 0 Å². The standard InChI is InChI=1S/C8H8O6/c9-3-5-13-7(11)1-2-8(12)14-6-4-10/h1-4H,5-6H2/b2-1+. The molecular weight excluding hydrogens is 192 g/mol. The molecule has 0 spiro atoms. The van der Waals surface area contributed by atoms with Crippen LogP contribution in [0.15, 0.2) is 12.2 Å². The Bertz CT molecular complexity index is 229. The largest absolute Gasteiger partial charge is 0.455 e. The zero-order chi connectivity index (χ0) is 10.8. The number of hydrogen-bond donors (Lipinski definition) is 0. The SMILES string of the molecule is O=CCOC(=O)/C=C/C(=O)OCC=O. The zero-order valence-corrected chi connectivity index (χ0v) is 7.17. The maximum absolute atomic E-state index is 10.6. The molecule has 76 valence electrons. The highest BCUT2D eigenvalue weighted by molar-refractivity contribution is 5.92. The maximum atomic E-state index is 10.6. The smallest absolute Gasteiger partial charge is 0.331 e. The Morgan fingerprint density at radius 2 is 1.21 bits per heavy atom. The van der Waals surface area contributed by atoms with Gasteiger partial charge in [0.1, 0.15) is 13.2 Å². The van der Waals surface area contributed by atoms with E-state index in [1.165, 1.54) is 0 Å². The quantitative estimate of drug-likeness (QED) is 0.311. The molecule has 0 radical (unpaired) electrons. The Hall–Kier alpha value is -1.98. The van der Waals surface area contributed by atoms with Crippen LogP contribution in [-0.4, -0.2) is 37.7 Å². The van der Waals surface area contributed by atoms with E-state index >= 15 is 0 Å². The van der Waals surface area contributed by atoms with E-state index < -0.39 is 11.9 Å². The minimum Gasteiger partial charge on any atom is -0.455 e. The second-order valence-corrected chi connectivity index (χ2v) is 1.93. The van der Waals surface area contributed by atoms with Gasteiger partial charge in [0.25, 0.3) is 0 Å². The lowest BCUT2D eigenvalue weighted by Crippen LogP contribution is -2.06. The molecular formula is C8H8O6. The van der Waals surface area contributed by atoms with Crippen LogP contribution >= 0.6 is 0 Å². The molecule has 0 heterocycles. The fraction of sp³-hybridized carbons (Fsp3) is 0.250. The number of rotatable bonds is 6. The normalized spacial score (nSPS) is 9.43. The van der Waals surface area contributed by atoms with Gasteiger partial charge in [-0.2, -0.15) is 0 Å². The van der Waals surface area contributed by atoms with Crippen LogP contribution in [0.3, 0.4) is 0 Å². The van der Waals surface area contributed by atoms with Gasteiger partial charge in [0.05, 0.1) is 0 Å². The fourth-order valence-corrected chi connectivity index (χ4v) is 0.465. The number of carbonyl (C=O) groups is 4. The first-order chi connectivity index (χ1) is 6.70. The molecule has 0 aliphatic heterocycles. The Labute approximate surface area is 79.5 Å². The molecule has 0 bridgehead atoms. The number of carbonyl (C=O) groups excluding carboxylic acids is 4. The lowest BCUT2D eigenvalue weighted by molar-refractivity contribution is -0.142. The van der Waals surface area contributed by atoms with Crippen LogP contribution in [0, 0.1) is 0 Å². The fourth-order valence-electron chi connectivity index (χ4n) is 0.465. The summed E-state index contributed by atoms with van der Waals surface area (Å²) in [7, 11) is 0. The van der Waals surface area contributed by atoms with E-state index in [1.54, 1.807) is 0 Å². The molecule has 6 nitrogen and oxygen atoms in total. The van der Waals surface area contributed by atoms with Crippen molar-refractivity contribution < 1.29 is 28.7 Å². The first-order valence-corrected chi connectivity index (χ1v) is 3.59. The predicted octanol–water partition coefficient (Wildman–Crippen LogP) is -0.973. The highest BCUT2D eigenvalue weighted by Crippen LogP contribution is 1.83. The predicted molar refractivity (Wildman–Crippen MR) is 43.2 cm³/mol. The highest BCUT2D eigenvalue weighted by Gasteiger charge is 1.99. The molecule has 0 aliphatic carbocycles. The number of esters is 2. The average Bonchev–Trinajstić information content (AvgIpc) is 2.20. The van der Waals surface area contributed by atoms with Gasteiger partial charge < -0.3 is 9.47 Å². The minimum atomic E-state index is -0.833. The summed E-state index contributed by atoms with van der Waals surface area (Å²) in [5.74, 6) is -1.67. The summed E-state index contributed by atoms with van der Waals surface area (Å²) < 4.78 is 8.55. The Kier molecular flexibility index (Phi) is 6.57. The van der Waals surface area contributed by atoms with Crippen molar-refractivity contribution in [1.29, 1.82) is 0 Å². The highest BCUT2D eigenvalue weighted by atomic mass is 16.5. The van der Waals surface area contributed by atoms with Crippen molar-refractivity contribution >= 4 is 24.5 Å². The molecule has 0 rings (SSSR count). The molecule has 0 aromatic carbocycles. The van der Waals surface area contributed by atoms with Crippen molar-refractivity contribution in [1.82, 2.24) is 0 Å². The summed E-state index contributed by atoms with van der Waals surface area (Å²) >= 11 is 0. The second-order valence-electron chi connectivity index (χ2n) is 1.93. The van der Waals surface area contributed by atoms with E-state index in [0.717, 1.165) is 12.2 Å². The minimum absolute atomic E-state index is 0.368. The van der Waals surface area contributed by atoms with E-state index in [1.807, 2.05) is 0 Å². The molecule has 6 heteroatoms. The van der Waals surface area contributed by atoms with Crippen LogP contribution in [-0.2, 0) is 28.7 Å². The lowest BCUT2D eigenvalue weighted by atomic mass is 10.5. The summed E-state index contributed by atoms with van der Waals surface area (Å²) in [6.45, 7) is -0.737. The van der Waals surface area contributed by atoms with E-state index in [9.17, 15) is 19.2 Å². The van der Waals surface area contributed by atoms with E-state index in [-0.39, 0.29) is 13.2 Å². The summed E-state index contributed by atoms with van der Waals surface area (Å²) in [5.41, 5.74) is 0. The van der Waals surface area contributed by atoms with Crippen molar-refractivity contribution in [2.24, 2.45) is 0 Å². The number of ether oxygens (including phenoxy) is 2. The van der Waals surface area contributed by atoms with Gasteiger partial charge in [-0.05, 0) is 0 Å². The van der Waals surface area contributed by atoms with Crippen LogP contribution in [0.5, 0.6) is 0 Å². The third kappa shape index (κ3) is 6.71. The summed E-state index contributed by atoms with van der Waals surface area (Å²) in [5, 5.41) is 0. The molecule has 0 aromatic rings. The van der Waals surface area contributed by atoms with Crippen LogP contribution in [0.25, 0.3) is 0 Å².